The smallest absolute Gasteiger partial charge is 0.416 e. The standard InChI is InChI=1S/C26H32F3N7O2/c1-4-6-7-19(5-2)38-21-13-8-16(26(27,28)29)14-20(21)35-25(37)34-17-9-11-18(12-10-17)36(3)24-22(30)23(31)32-15-33-24/h8-15,19H,4-7,30H2,1-3H3,(H2,31,32,33)(H2,34,35,37). The van der Waals surface area contributed by atoms with Crippen LogP contribution in [0.25, 0.3) is 0 Å². The number of aromatic nitrogens is 2. The highest BCUT2D eigenvalue weighted by Gasteiger charge is 2.31. The average Bonchev–Trinajstić information content (AvgIpc) is 2.88. The molecule has 0 aliphatic carbocycles. The van der Waals surface area contributed by atoms with Crippen LogP contribution in [0.4, 0.5) is 52.4 Å². The summed E-state index contributed by atoms with van der Waals surface area (Å²) in [6, 6.07) is 9.03. The van der Waals surface area contributed by atoms with E-state index in [4.69, 9.17) is 16.2 Å². The SMILES string of the molecule is CCCCC(CC)Oc1ccc(C(F)(F)F)cc1NC(=O)Nc1ccc(N(C)c2ncnc(N)c2N)cc1. The summed E-state index contributed by atoms with van der Waals surface area (Å²) in [4.78, 5) is 22.4. The Morgan fingerprint density at radius 1 is 1.08 bits per heavy atom. The van der Waals surface area contributed by atoms with Gasteiger partial charge in [-0.2, -0.15) is 13.2 Å². The number of nitrogens with two attached hydrogens (primary N) is 2. The number of nitrogens with one attached hydrogen (secondary N) is 2. The third-order valence-electron chi connectivity index (χ3n) is 5.91. The number of hydrogen-bond acceptors (Lipinski definition) is 7. The highest BCUT2D eigenvalue weighted by atomic mass is 19.4. The number of halogens is 3. The number of urea groups is 1. The number of amides is 2. The van der Waals surface area contributed by atoms with Gasteiger partial charge in [-0.15, -0.1) is 0 Å². The molecule has 9 nitrogen and oxygen atoms in total. The van der Waals surface area contributed by atoms with Gasteiger partial charge in [0.2, 0.25) is 0 Å². The van der Waals surface area contributed by atoms with Crippen molar-refractivity contribution in [3.05, 3.63) is 54.4 Å². The van der Waals surface area contributed by atoms with E-state index >= 15 is 0 Å². The first-order valence-corrected chi connectivity index (χ1v) is 12.2. The van der Waals surface area contributed by atoms with Crippen LogP contribution in [-0.4, -0.2) is 29.2 Å². The maximum atomic E-state index is 13.4. The molecule has 0 saturated carbocycles. The minimum absolute atomic E-state index is 0.0690. The normalized spacial score (nSPS) is 12.1. The quantitative estimate of drug-likeness (QED) is 0.237. The van der Waals surface area contributed by atoms with E-state index in [9.17, 15) is 18.0 Å². The van der Waals surface area contributed by atoms with Gasteiger partial charge in [-0.1, -0.05) is 26.7 Å². The van der Waals surface area contributed by atoms with Crippen LogP contribution in [0.1, 0.15) is 45.1 Å². The molecule has 12 heteroatoms. The molecule has 0 saturated heterocycles. The van der Waals surface area contributed by atoms with Crippen LogP contribution < -0.4 is 31.7 Å². The summed E-state index contributed by atoms with van der Waals surface area (Å²) >= 11 is 0. The Balaban J connectivity index is 1.75. The molecular formula is C26H32F3N7O2. The molecule has 0 spiro atoms. The molecule has 2 amide bonds. The van der Waals surface area contributed by atoms with Crippen molar-refractivity contribution in [2.45, 2.75) is 51.8 Å². The van der Waals surface area contributed by atoms with Gasteiger partial charge in [-0.05, 0) is 55.3 Å². The molecule has 0 radical (unpaired) electrons. The number of benzene rings is 2. The van der Waals surface area contributed by atoms with Crippen molar-refractivity contribution >= 4 is 40.4 Å². The van der Waals surface area contributed by atoms with Gasteiger partial charge in [-0.3, -0.25) is 0 Å². The molecule has 3 rings (SSSR count). The molecule has 1 aromatic heterocycles. The first-order valence-electron chi connectivity index (χ1n) is 12.2. The number of rotatable bonds is 10. The molecule has 0 aliphatic heterocycles. The minimum Gasteiger partial charge on any atom is -0.488 e. The second kappa shape index (κ2) is 12.3. The highest BCUT2D eigenvalue weighted by molar-refractivity contribution is 6.00. The second-order valence-corrected chi connectivity index (χ2v) is 8.68. The molecule has 38 heavy (non-hydrogen) atoms. The number of anilines is 6. The van der Waals surface area contributed by atoms with Crippen molar-refractivity contribution in [3.8, 4) is 5.75 Å². The van der Waals surface area contributed by atoms with Crippen molar-refractivity contribution in [2.24, 2.45) is 0 Å². The van der Waals surface area contributed by atoms with Crippen molar-refractivity contribution in [1.29, 1.82) is 0 Å². The van der Waals surface area contributed by atoms with Gasteiger partial charge in [0.05, 0.1) is 17.4 Å². The van der Waals surface area contributed by atoms with Crippen molar-refractivity contribution < 1.29 is 22.7 Å². The first-order chi connectivity index (χ1) is 18.0. The van der Waals surface area contributed by atoms with E-state index in [1.165, 1.54) is 12.4 Å². The Hall–Kier alpha value is -4.22. The Kier molecular flexibility index (Phi) is 9.21. The summed E-state index contributed by atoms with van der Waals surface area (Å²) in [5, 5.41) is 5.13. The van der Waals surface area contributed by atoms with Crippen molar-refractivity contribution in [3.63, 3.8) is 0 Å². The molecule has 0 aliphatic rings. The van der Waals surface area contributed by atoms with E-state index in [0.29, 0.717) is 23.6 Å². The molecule has 1 unspecified atom stereocenters. The summed E-state index contributed by atoms with van der Waals surface area (Å²) in [5.74, 6) is 0.748. The van der Waals surface area contributed by atoms with Crippen LogP contribution in [0.15, 0.2) is 48.8 Å². The predicted molar refractivity (Wildman–Crippen MR) is 144 cm³/mol. The lowest BCUT2D eigenvalue weighted by Gasteiger charge is -2.21. The molecule has 0 fully saturated rings. The Morgan fingerprint density at radius 2 is 1.79 bits per heavy atom. The Bertz CT molecular complexity index is 1240. The van der Waals surface area contributed by atoms with Gasteiger partial charge in [0.25, 0.3) is 0 Å². The molecule has 1 atom stereocenters. The number of alkyl halides is 3. The number of hydrogen-bond donors (Lipinski definition) is 4. The van der Waals surface area contributed by atoms with Crippen LogP contribution in [0.5, 0.6) is 5.75 Å². The Labute approximate surface area is 219 Å². The van der Waals surface area contributed by atoms with Gasteiger partial charge >= 0.3 is 12.2 Å². The maximum absolute atomic E-state index is 13.4. The van der Waals surface area contributed by atoms with E-state index < -0.39 is 17.8 Å². The van der Waals surface area contributed by atoms with Gasteiger partial charge < -0.3 is 31.7 Å². The summed E-state index contributed by atoms with van der Waals surface area (Å²) in [5.41, 5.74) is 12.1. The van der Waals surface area contributed by atoms with E-state index in [0.717, 1.165) is 31.4 Å². The lowest BCUT2D eigenvalue weighted by atomic mass is 10.1. The van der Waals surface area contributed by atoms with Crippen LogP contribution in [0, 0.1) is 0 Å². The van der Waals surface area contributed by atoms with Crippen LogP contribution in [-0.2, 0) is 6.18 Å². The number of ether oxygens (including phenoxy) is 1. The summed E-state index contributed by atoms with van der Waals surface area (Å²) in [7, 11) is 1.74. The van der Waals surface area contributed by atoms with Gasteiger partial charge in [-0.25, -0.2) is 14.8 Å². The van der Waals surface area contributed by atoms with Crippen molar-refractivity contribution in [2.75, 3.05) is 34.0 Å². The lowest BCUT2D eigenvalue weighted by Crippen LogP contribution is -2.22. The van der Waals surface area contributed by atoms with Gasteiger partial charge in [0, 0.05) is 18.4 Å². The van der Waals surface area contributed by atoms with E-state index in [-0.39, 0.29) is 29.0 Å². The summed E-state index contributed by atoms with van der Waals surface area (Å²) < 4.78 is 46.0. The molecule has 3 aromatic rings. The fraction of sp³-hybridized carbons (Fsp3) is 0.346. The fourth-order valence-corrected chi connectivity index (χ4v) is 3.71. The number of nitrogen functional groups attached to an aromatic ring is 2. The molecule has 6 N–H and O–H groups in total. The topological polar surface area (TPSA) is 131 Å². The van der Waals surface area contributed by atoms with Gasteiger partial charge in [0.1, 0.15) is 17.8 Å². The molecule has 0 bridgehead atoms. The summed E-state index contributed by atoms with van der Waals surface area (Å²) in [6.45, 7) is 3.99. The molecule has 1 heterocycles. The average molecular weight is 532 g/mol. The zero-order valence-corrected chi connectivity index (χ0v) is 21.5. The third-order valence-corrected chi connectivity index (χ3v) is 5.91. The van der Waals surface area contributed by atoms with Crippen LogP contribution in [0.2, 0.25) is 0 Å². The van der Waals surface area contributed by atoms with Gasteiger partial charge in [0.15, 0.2) is 11.6 Å². The zero-order valence-electron chi connectivity index (χ0n) is 21.5. The van der Waals surface area contributed by atoms with E-state index in [1.54, 1.807) is 36.2 Å². The zero-order chi connectivity index (χ0) is 27.9. The van der Waals surface area contributed by atoms with E-state index in [1.807, 2.05) is 13.8 Å². The number of carbonyl (C=O) groups is 1. The fourth-order valence-electron chi connectivity index (χ4n) is 3.71. The minimum atomic E-state index is -4.57. The molecule has 204 valence electrons. The monoisotopic (exact) mass is 531 g/mol. The Morgan fingerprint density at radius 3 is 2.42 bits per heavy atom. The molecular weight excluding hydrogens is 499 g/mol. The number of carbonyl (C=O) groups excluding carboxylic acids is 1. The van der Waals surface area contributed by atoms with Crippen LogP contribution in [0.3, 0.4) is 0 Å². The highest BCUT2D eigenvalue weighted by Crippen LogP contribution is 2.36. The first kappa shape index (κ1) is 28.4. The lowest BCUT2D eigenvalue weighted by molar-refractivity contribution is -0.137. The number of unbranched alkanes of at least 4 members (excludes halogenated alkanes) is 1. The van der Waals surface area contributed by atoms with Crippen LogP contribution >= 0.6 is 0 Å². The second-order valence-electron chi connectivity index (χ2n) is 8.68. The predicted octanol–water partition coefficient (Wildman–Crippen LogP) is 6.42. The van der Waals surface area contributed by atoms with Crippen molar-refractivity contribution in [1.82, 2.24) is 9.97 Å². The number of nitrogens with zero attached hydrogens (tertiary/aromatic N) is 3. The largest absolute Gasteiger partial charge is 0.488 e. The molecule has 2 aromatic carbocycles. The van der Waals surface area contributed by atoms with E-state index in [2.05, 4.69) is 20.6 Å². The maximum Gasteiger partial charge on any atom is 0.416 e. The summed E-state index contributed by atoms with van der Waals surface area (Å²) in [6.07, 6.45) is -0.124. The third kappa shape index (κ3) is 7.17.